The second kappa shape index (κ2) is 7.17. The van der Waals surface area contributed by atoms with Crippen LogP contribution in [0.3, 0.4) is 0 Å². The van der Waals surface area contributed by atoms with Crippen molar-refractivity contribution in [2.24, 2.45) is 0 Å². The van der Waals surface area contributed by atoms with Crippen LogP contribution < -0.4 is 4.90 Å². The highest BCUT2D eigenvalue weighted by atomic mass is 19.1. The lowest BCUT2D eigenvalue weighted by Crippen LogP contribution is -2.13. The third-order valence-electron chi connectivity index (χ3n) is 3.87. The lowest BCUT2D eigenvalue weighted by Gasteiger charge is -2.20. The number of hydrogen-bond donors (Lipinski definition) is 0. The van der Waals surface area contributed by atoms with Crippen LogP contribution >= 0.6 is 0 Å². The van der Waals surface area contributed by atoms with Crippen LogP contribution in [-0.4, -0.2) is 27.8 Å². The highest BCUT2D eigenvalue weighted by Gasteiger charge is 2.14. The van der Waals surface area contributed by atoms with Crippen molar-refractivity contribution in [2.75, 3.05) is 11.9 Å². The molecular weight excluding hydrogens is 319 g/mol. The molecule has 0 amide bonds. The van der Waals surface area contributed by atoms with Crippen LogP contribution in [0.2, 0.25) is 0 Å². The first-order chi connectivity index (χ1) is 12.0. The molecule has 3 aromatic rings. The molecule has 1 aromatic carbocycles. The molecule has 0 bridgehead atoms. The standard InChI is InChI=1S/C19H17FN4O/c1-13-3-6-17(23-9-13)19(25)8-14-4-5-16(20)18(7-14)24(2)15-10-21-12-22-11-15/h3-7,9-12H,8H2,1-2H3. The normalized spacial score (nSPS) is 10.5. The zero-order chi connectivity index (χ0) is 17.8. The van der Waals surface area contributed by atoms with Crippen molar-refractivity contribution < 1.29 is 9.18 Å². The Morgan fingerprint density at radius 2 is 1.88 bits per heavy atom. The molecule has 0 atom stereocenters. The summed E-state index contributed by atoms with van der Waals surface area (Å²) in [4.78, 5) is 26.0. The Labute approximate surface area is 145 Å². The largest absolute Gasteiger partial charge is 0.340 e. The van der Waals surface area contributed by atoms with E-state index >= 15 is 0 Å². The average Bonchev–Trinajstić information content (AvgIpc) is 2.64. The molecule has 3 rings (SSSR count). The Hall–Kier alpha value is -3.15. The van der Waals surface area contributed by atoms with Crippen molar-refractivity contribution >= 4 is 17.2 Å². The molecule has 0 saturated carbocycles. The minimum absolute atomic E-state index is 0.108. The van der Waals surface area contributed by atoms with Gasteiger partial charge < -0.3 is 4.90 Å². The van der Waals surface area contributed by atoms with Gasteiger partial charge in [0.15, 0.2) is 5.78 Å². The second-order valence-corrected chi connectivity index (χ2v) is 5.76. The fourth-order valence-electron chi connectivity index (χ4n) is 2.44. The number of aryl methyl sites for hydroxylation is 1. The van der Waals surface area contributed by atoms with Gasteiger partial charge in [-0.2, -0.15) is 0 Å². The van der Waals surface area contributed by atoms with Crippen molar-refractivity contribution in [3.8, 4) is 0 Å². The maximum atomic E-state index is 14.2. The summed E-state index contributed by atoms with van der Waals surface area (Å²) in [5.41, 5.74) is 3.13. The van der Waals surface area contributed by atoms with Crippen LogP contribution in [0.15, 0.2) is 55.2 Å². The van der Waals surface area contributed by atoms with E-state index in [0.717, 1.165) is 5.56 Å². The molecule has 0 spiro atoms. The molecule has 0 aliphatic rings. The van der Waals surface area contributed by atoms with Gasteiger partial charge in [-0.1, -0.05) is 12.1 Å². The number of aromatic nitrogens is 3. The van der Waals surface area contributed by atoms with E-state index in [1.807, 2.05) is 13.0 Å². The van der Waals surface area contributed by atoms with Crippen molar-refractivity contribution in [1.82, 2.24) is 15.0 Å². The number of benzene rings is 1. The Morgan fingerprint density at radius 1 is 1.12 bits per heavy atom. The number of anilines is 2. The van der Waals surface area contributed by atoms with Gasteiger partial charge in [0.1, 0.15) is 17.8 Å². The number of carbonyl (C=O) groups excluding carboxylic acids is 1. The first kappa shape index (κ1) is 16.7. The zero-order valence-corrected chi connectivity index (χ0v) is 14.0. The molecule has 0 saturated heterocycles. The topological polar surface area (TPSA) is 59.0 Å². The van der Waals surface area contributed by atoms with Crippen LogP contribution in [0.5, 0.6) is 0 Å². The molecule has 0 aliphatic carbocycles. The van der Waals surface area contributed by atoms with E-state index in [0.29, 0.717) is 22.6 Å². The van der Waals surface area contributed by atoms with Crippen molar-refractivity contribution in [2.45, 2.75) is 13.3 Å². The molecule has 126 valence electrons. The highest BCUT2D eigenvalue weighted by molar-refractivity contribution is 5.95. The average molecular weight is 336 g/mol. The van der Waals surface area contributed by atoms with E-state index in [-0.39, 0.29) is 18.0 Å². The summed E-state index contributed by atoms with van der Waals surface area (Å²) in [6.45, 7) is 1.91. The smallest absolute Gasteiger partial charge is 0.185 e. The molecule has 6 heteroatoms. The molecule has 0 radical (unpaired) electrons. The van der Waals surface area contributed by atoms with Gasteiger partial charge >= 0.3 is 0 Å². The second-order valence-electron chi connectivity index (χ2n) is 5.76. The maximum absolute atomic E-state index is 14.2. The number of rotatable bonds is 5. The number of ketones is 1. The fraction of sp³-hybridized carbons (Fsp3) is 0.158. The third kappa shape index (κ3) is 3.85. The van der Waals surface area contributed by atoms with Gasteiger partial charge in [-0.25, -0.2) is 14.4 Å². The molecule has 2 heterocycles. The highest BCUT2D eigenvalue weighted by Crippen LogP contribution is 2.26. The van der Waals surface area contributed by atoms with Crippen LogP contribution in [0, 0.1) is 12.7 Å². The van der Waals surface area contributed by atoms with Gasteiger partial charge in [0.25, 0.3) is 0 Å². The molecule has 5 nitrogen and oxygen atoms in total. The molecule has 0 unspecified atom stereocenters. The number of Topliss-reactive ketones (excluding diaryl/α,β-unsaturated/α-hetero) is 1. The first-order valence-electron chi connectivity index (χ1n) is 7.77. The Kier molecular flexibility index (Phi) is 4.79. The quantitative estimate of drug-likeness (QED) is 0.667. The Morgan fingerprint density at radius 3 is 2.56 bits per heavy atom. The predicted molar refractivity (Wildman–Crippen MR) is 93.5 cm³/mol. The molecule has 2 aromatic heterocycles. The minimum atomic E-state index is -0.379. The molecule has 25 heavy (non-hydrogen) atoms. The molecule has 0 aliphatic heterocycles. The van der Waals surface area contributed by atoms with Gasteiger partial charge in [-0.15, -0.1) is 0 Å². The van der Waals surface area contributed by atoms with E-state index in [2.05, 4.69) is 15.0 Å². The number of halogens is 1. The SMILES string of the molecule is Cc1ccc(C(=O)Cc2ccc(F)c(N(C)c3cncnc3)c2)nc1. The Balaban J connectivity index is 1.84. The van der Waals surface area contributed by atoms with Crippen molar-refractivity contribution in [3.63, 3.8) is 0 Å². The van der Waals surface area contributed by atoms with Gasteiger partial charge in [0.2, 0.25) is 0 Å². The monoisotopic (exact) mass is 336 g/mol. The predicted octanol–water partition coefficient (Wildman–Crippen LogP) is 3.51. The zero-order valence-electron chi connectivity index (χ0n) is 14.0. The summed E-state index contributed by atoms with van der Waals surface area (Å²) < 4.78 is 14.2. The fourth-order valence-corrected chi connectivity index (χ4v) is 2.44. The van der Waals surface area contributed by atoms with Gasteiger partial charge in [0, 0.05) is 19.7 Å². The van der Waals surface area contributed by atoms with E-state index < -0.39 is 0 Å². The number of hydrogen-bond acceptors (Lipinski definition) is 5. The van der Waals surface area contributed by atoms with Crippen LogP contribution in [0.25, 0.3) is 0 Å². The summed E-state index contributed by atoms with van der Waals surface area (Å²) >= 11 is 0. The summed E-state index contributed by atoms with van der Waals surface area (Å²) in [6.07, 6.45) is 6.42. The van der Waals surface area contributed by atoms with Crippen LogP contribution in [0.1, 0.15) is 21.6 Å². The minimum Gasteiger partial charge on any atom is -0.340 e. The van der Waals surface area contributed by atoms with Crippen molar-refractivity contribution in [1.29, 1.82) is 0 Å². The first-order valence-corrected chi connectivity index (χ1v) is 7.77. The number of carbonyl (C=O) groups is 1. The molecule has 0 N–H and O–H groups in total. The number of pyridine rings is 1. The van der Waals surface area contributed by atoms with Gasteiger partial charge in [-0.05, 0) is 36.2 Å². The van der Waals surface area contributed by atoms with Gasteiger partial charge in [0.05, 0.1) is 23.8 Å². The molecular formula is C19H17FN4O. The molecule has 0 fully saturated rings. The summed E-state index contributed by atoms with van der Waals surface area (Å²) in [6, 6.07) is 8.19. The van der Waals surface area contributed by atoms with Gasteiger partial charge in [-0.3, -0.25) is 9.78 Å². The van der Waals surface area contributed by atoms with E-state index in [4.69, 9.17) is 0 Å². The summed E-state index contributed by atoms with van der Waals surface area (Å²) in [5.74, 6) is -0.487. The van der Waals surface area contributed by atoms with Crippen LogP contribution in [0.4, 0.5) is 15.8 Å². The van der Waals surface area contributed by atoms with Crippen LogP contribution in [-0.2, 0) is 6.42 Å². The summed E-state index contributed by atoms with van der Waals surface area (Å²) in [5, 5.41) is 0. The lowest BCUT2D eigenvalue weighted by molar-refractivity contribution is 0.0988. The lowest BCUT2D eigenvalue weighted by atomic mass is 10.0. The van der Waals surface area contributed by atoms with Crippen molar-refractivity contribution in [3.05, 3.63) is 77.9 Å². The van der Waals surface area contributed by atoms with E-state index in [9.17, 15) is 9.18 Å². The third-order valence-corrected chi connectivity index (χ3v) is 3.87. The number of nitrogens with zero attached hydrogens (tertiary/aromatic N) is 4. The summed E-state index contributed by atoms with van der Waals surface area (Å²) in [7, 11) is 1.73. The van der Waals surface area contributed by atoms with E-state index in [1.54, 1.807) is 48.7 Å². The maximum Gasteiger partial charge on any atom is 0.185 e. The van der Waals surface area contributed by atoms with E-state index in [1.165, 1.54) is 12.4 Å². The Bertz CT molecular complexity index is 882.